The van der Waals surface area contributed by atoms with Gasteiger partial charge in [0.1, 0.15) is 11.5 Å². The molecule has 18 heavy (non-hydrogen) atoms. The molecule has 0 fully saturated rings. The quantitative estimate of drug-likeness (QED) is 0.790. The summed E-state index contributed by atoms with van der Waals surface area (Å²) in [7, 11) is 3.15. The number of rotatable bonds is 3. The summed E-state index contributed by atoms with van der Waals surface area (Å²) < 4.78 is 10.5. The van der Waals surface area contributed by atoms with Gasteiger partial charge in [0.15, 0.2) is 0 Å². The summed E-state index contributed by atoms with van der Waals surface area (Å²) in [5, 5.41) is 12.0. The number of fused-ring (bicyclic) bond motifs is 1. The van der Waals surface area contributed by atoms with Crippen molar-refractivity contribution in [2.24, 2.45) is 0 Å². The molecule has 0 saturated heterocycles. The number of nitrogens with one attached hydrogen (secondary N) is 1. The molecule has 2 N–H and O–H groups in total. The standard InChI is InChI=1S/C13H15NO4/c1-17-9-5-8-3-4-14-10(7-12(15)16)13(8)11(6-9)18-2/h5-7,14H,3-4H2,1-2H3,(H,15,16)/b10-7+. The van der Waals surface area contributed by atoms with Crippen LogP contribution < -0.4 is 14.8 Å². The fraction of sp³-hybridized carbons (Fsp3) is 0.308. The zero-order valence-electron chi connectivity index (χ0n) is 10.3. The second-order valence-corrected chi connectivity index (χ2v) is 3.94. The number of hydrogen-bond acceptors (Lipinski definition) is 4. The third-order valence-electron chi connectivity index (χ3n) is 2.86. The first-order valence-electron chi connectivity index (χ1n) is 5.59. The maximum atomic E-state index is 10.8. The predicted octanol–water partition coefficient (Wildman–Crippen LogP) is 1.27. The summed E-state index contributed by atoms with van der Waals surface area (Å²) in [6.07, 6.45) is 1.97. The van der Waals surface area contributed by atoms with Gasteiger partial charge in [-0.3, -0.25) is 0 Å². The van der Waals surface area contributed by atoms with Gasteiger partial charge in [0.05, 0.1) is 19.9 Å². The van der Waals surface area contributed by atoms with Gasteiger partial charge in [-0.05, 0) is 18.1 Å². The molecule has 0 aliphatic carbocycles. The van der Waals surface area contributed by atoms with E-state index in [-0.39, 0.29) is 0 Å². The summed E-state index contributed by atoms with van der Waals surface area (Å²) in [5.41, 5.74) is 2.40. The van der Waals surface area contributed by atoms with E-state index < -0.39 is 5.97 Å². The van der Waals surface area contributed by atoms with Crippen LogP contribution in [0.4, 0.5) is 0 Å². The van der Waals surface area contributed by atoms with Gasteiger partial charge in [0, 0.05) is 24.3 Å². The van der Waals surface area contributed by atoms with Crippen LogP contribution in [0.3, 0.4) is 0 Å². The van der Waals surface area contributed by atoms with E-state index in [0.717, 1.165) is 23.6 Å². The van der Waals surface area contributed by atoms with E-state index in [1.165, 1.54) is 0 Å². The second-order valence-electron chi connectivity index (χ2n) is 3.94. The number of carbonyl (C=O) groups is 1. The molecule has 1 aliphatic heterocycles. The second kappa shape index (κ2) is 5.00. The Bertz CT molecular complexity index is 491. The maximum Gasteiger partial charge on any atom is 0.330 e. The topological polar surface area (TPSA) is 67.8 Å². The van der Waals surface area contributed by atoms with Crippen LogP contribution >= 0.6 is 0 Å². The zero-order chi connectivity index (χ0) is 13.1. The molecule has 0 saturated carbocycles. The predicted molar refractivity (Wildman–Crippen MR) is 66.9 cm³/mol. The van der Waals surface area contributed by atoms with Gasteiger partial charge in [0.25, 0.3) is 0 Å². The normalized spacial score (nSPS) is 15.8. The summed E-state index contributed by atoms with van der Waals surface area (Å²) in [4.78, 5) is 10.8. The molecule has 0 amide bonds. The molecule has 96 valence electrons. The Kier molecular flexibility index (Phi) is 3.41. The molecule has 0 atom stereocenters. The van der Waals surface area contributed by atoms with Crippen LogP contribution in [0.2, 0.25) is 0 Å². The highest BCUT2D eigenvalue weighted by Crippen LogP contribution is 2.35. The fourth-order valence-corrected chi connectivity index (χ4v) is 2.09. The van der Waals surface area contributed by atoms with E-state index in [1.54, 1.807) is 20.3 Å². The molecule has 0 bridgehead atoms. The number of aliphatic carboxylic acids is 1. The Labute approximate surface area is 105 Å². The first kappa shape index (κ1) is 12.3. The molecule has 0 radical (unpaired) electrons. The lowest BCUT2D eigenvalue weighted by atomic mass is 9.96. The monoisotopic (exact) mass is 249 g/mol. The van der Waals surface area contributed by atoms with E-state index in [9.17, 15) is 4.79 Å². The van der Waals surface area contributed by atoms with Crippen molar-refractivity contribution < 1.29 is 19.4 Å². The van der Waals surface area contributed by atoms with Crippen LogP contribution in [0, 0.1) is 0 Å². The minimum Gasteiger partial charge on any atom is -0.497 e. The highest BCUT2D eigenvalue weighted by molar-refractivity contribution is 5.91. The Morgan fingerprint density at radius 2 is 2.17 bits per heavy atom. The summed E-state index contributed by atoms with van der Waals surface area (Å²) in [5.74, 6) is 0.342. The van der Waals surface area contributed by atoms with Crippen LogP contribution in [0.25, 0.3) is 5.70 Å². The molecular formula is C13H15NO4. The van der Waals surface area contributed by atoms with Crippen molar-refractivity contribution in [3.8, 4) is 11.5 Å². The minimum absolute atomic E-state index is 0.572. The van der Waals surface area contributed by atoms with Crippen LogP contribution in [-0.2, 0) is 11.2 Å². The lowest BCUT2D eigenvalue weighted by Gasteiger charge is -2.23. The Morgan fingerprint density at radius 3 is 2.78 bits per heavy atom. The van der Waals surface area contributed by atoms with Crippen LogP contribution in [0.15, 0.2) is 18.2 Å². The molecule has 0 aromatic heterocycles. The summed E-state index contributed by atoms with van der Waals surface area (Å²) in [6.45, 7) is 0.697. The van der Waals surface area contributed by atoms with Crippen molar-refractivity contribution in [1.29, 1.82) is 0 Å². The van der Waals surface area contributed by atoms with Crippen LogP contribution in [-0.4, -0.2) is 31.8 Å². The number of carboxylic acids is 1. The van der Waals surface area contributed by atoms with Crippen LogP contribution in [0.1, 0.15) is 11.1 Å². The van der Waals surface area contributed by atoms with Gasteiger partial charge in [-0.25, -0.2) is 4.79 Å². The van der Waals surface area contributed by atoms with Crippen molar-refractivity contribution >= 4 is 11.7 Å². The van der Waals surface area contributed by atoms with Crippen molar-refractivity contribution in [2.45, 2.75) is 6.42 Å². The van der Waals surface area contributed by atoms with Gasteiger partial charge >= 0.3 is 5.97 Å². The van der Waals surface area contributed by atoms with Gasteiger partial charge in [0.2, 0.25) is 0 Å². The van der Waals surface area contributed by atoms with E-state index >= 15 is 0 Å². The Hall–Kier alpha value is -2.17. The average molecular weight is 249 g/mol. The fourth-order valence-electron chi connectivity index (χ4n) is 2.09. The molecule has 0 spiro atoms. The molecule has 5 heteroatoms. The number of ether oxygens (including phenoxy) is 2. The van der Waals surface area contributed by atoms with Gasteiger partial charge in [-0.15, -0.1) is 0 Å². The summed E-state index contributed by atoms with van der Waals surface area (Å²) in [6, 6.07) is 3.66. The highest BCUT2D eigenvalue weighted by Gasteiger charge is 2.20. The van der Waals surface area contributed by atoms with Crippen molar-refractivity contribution in [3.63, 3.8) is 0 Å². The molecule has 1 aromatic carbocycles. The maximum absolute atomic E-state index is 10.8. The third-order valence-corrected chi connectivity index (χ3v) is 2.86. The van der Waals surface area contributed by atoms with Gasteiger partial charge < -0.3 is 19.9 Å². The zero-order valence-corrected chi connectivity index (χ0v) is 10.3. The average Bonchev–Trinajstić information content (AvgIpc) is 2.36. The number of carboxylic acid groups (broad SMARTS) is 1. The Balaban J connectivity index is 2.58. The van der Waals surface area contributed by atoms with E-state index in [2.05, 4.69) is 5.32 Å². The molecule has 0 unspecified atom stereocenters. The molecule has 1 aliphatic rings. The number of methoxy groups -OCH3 is 2. The van der Waals surface area contributed by atoms with E-state index in [4.69, 9.17) is 14.6 Å². The minimum atomic E-state index is -0.983. The van der Waals surface area contributed by atoms with Crippen molar-refractivity contribution in [1.82, 2.24) is 5.32 Å². The van der Waals surface area contributed by atoms with Crippen molar-refractivity contribution in [2.75, 3.05) is 20.8 Å². The first-order chi connectivity index (χ1) is 8.65. The highest BCUT2D eigenvalue weighted by atomic mass is 16.5. The largest absolute Gasteiger partial charge is 0.497 e. The first-order valence-corrected chi connectivity index (χ1v) is 5.59. The van der Waals surface area contributed by atoms with E-state index in [1.807, 2.05) is 6.07 Å². The molecule has 2 rings (SSSR count). The molecule has 5 nitrogen and oxygen atoms in total. The molecular weight excluding hydrogens is 234 g/mol. The SMILES string of the molecule is COc1cc2c(c(OC)c1)/C(=C\C(=O)O)NCC2. The molecule has 1 aromatic rings. The summed E-state index contributed by atoms with van der Waals surface area (Å²) >= 11 is 0. The number of benzene rings is 1. The lowest BCUT2D eigenvalue weighted by Crippen LogP contribution is -2.24. The third kappa shape index (κ3) is 2.25. The van der Waals surface area contributed by atoms with Gasteiger partial charge in [-0.2, -0.15) is 0 Å². The van der Waals surface area contributed by atoms with Gasteiger partial charge in [-0.1, -0.05) is 0 Å². The van der Waals surface area contributed by atoms with E-state index in [0.29, 0.717) is 23.7 Å². The van der Waals surface area contributed by atoms with Crippen molar-refractivity contribution in [3.05, 3.63) is 29.3 Å². The smallest absolute Gasteiger partial charge is 0.330 e. The van der Waals surface area contributed by atoms with Crippen LogP contribution in [0.5, 0.6) is 11.5 Å². The molecule has 1 heterocycles. The number of hydrogen-bond donors (Lipinski definition) is 2. The lowest BCUT2D eigenvalue weighted by molar-refractivity contribution is -0.131. The Morgan fingerprint density at radius 1 is 1.39 bits per heavy atom.